The fourth-order valence-electron chi connectivity index (χ4n) is 5.08. The standard InChI is InChI=1S/C22H21F4N3O3/c1-12(13-2-5-15(23)6-3-13)28-11-21(9-16(28)10-29(21)20(31)32)17-7-4-14(19(27)30)8-18(17)22(24,25)26/h2-8,12,16H,9-11H2,1H3,(H2,27,30)(H,31,32). The van der Waals surface area contributed by atoms with Crippen LogP contribution in [-0.4, -0.2) is 46.0 Å². The van der Waals surface area contributed by atoms with E-state index >= 15 is 0 Å². The molecule has 0 aromatic heterocycles. The zero-order valence-electron chi connectivity index (χ0n) is 17.1. The number of amides is 2. The van der Waals surface area contributed by atoms with Crippen LogP contribution >= 0.6 is 0 Å². The van der Waals surface area contributed by atoms with Crippen LogP contribution in [0, 0.1) is 5.82 Å². The maximum absolute atomic E-state index is 14.0. The number of halogens is 4. The molecular weight excluding hydrogens is 430 g/mol. The fourth-order valence-corrected chi connectivity index (χ4v) is 5.08. The van der Waals surface area contributed by atoms with Crippen molar-refractivity contribution in [2.45, 2.75) is 37.1 Å². The van der Waals surface area contributed by atoms with Crippen molar-refractivity contribution in [2.24, 2.45) is 5.73 Å². The van der Waals surface area contributed by atoms with Crippen molar-refractivity contribution in [3.8, 4) is 0 Å². The second-order valence-corrected chi connectivity index (χ2v) is 8.30. The third-order valence-corrected chi connectivity index (χ3v) is 6.59. The summed E-state index contributed by atoms with van der Waals surface area (Å²) in [5, 5.41) is 9.78. The van der Waals surface area contributed by atoms with Gasteiger partial charge in [0.15, 0.2) is 0 Å². The Morgan fingerprint density at radius 2 is 1.84 bits per heavy atom. The van der Waals surface area contributed by atoms with E-state index in [9.17, 15) is 32.3 Å². The topological polar surface area (TPSA) is 86.9 Å². The van der Waals surface area contributed by atoms with Crippen LogP contribution in [0.2, 0.25) is 0 Å². The highest BCUT2D eigenvalue weighted by molar-refractivity contribution is 5.93. The summed E-state index contributed by atoms with van der Waals surface area (Å²) in [5.74, 6) is -1.40. The number of nitrogens with zero attached hydrogens (tertiary/aromatic N) is 2. The van der Waals surface area contributed by atoms with Gasteiger partial charge in [-0.1, -0.05) is 18.2 Å². The lowest BCUT2D eigenvalue weighted by molar-refractivity contribution is -0.139. The first-order valence-corrected chi connectivity index (χ1v) is 9.97. The number of piperazine rings is 1. The van der Waals surface area contributed by atoms with Gasteiger partial charge in [0.1, 0.15) is 5.82 Å². The van der Waals surface area contributed by atoms with Gasteiger partial charge in [0.05, 0.1) is 11.1 Å². The summed E-state index contributed by atoms with van der Waals surface area (Å²) in [5.41, 5.74) is 2.93. The van der Waals surface area contributed by atoms with Gasteiger partial charge in [-0.2, -0.15) is 13.2 Å². The van der Waals surface area contributed by atoms with Crippen molar-refractivity contribution in [3.63, 3.8) is 0 Å². The first-order chi connectivity index (χ1) is 14.9. The van der Waals surface area contributed by atoms with Crippen LogP contribution < -0.4 is 5.73 Å². The quantitative estimate of drug-likeness (QED) is 0.689. The van der Waals surface area contributed by atoms with E-state index in [0.29, 0.717) is 6.07 Å². The molecular formula is C22H21F4N3O3. The van der Waals surface area contributed by atoms with Crippen molar-refractivity contribution in [1.29, 1.82) is 0 Å². The van der Waals surface area contributed by atoms with Crippen molar-refractivity contribution < 1.29 is 32.3 Å². The molecule has 0 radical (unpaired) electrons. The minimum Gasteiger partial charge on any atom is -0.465 e. The van der Waals surface area contributed by atoms with E-state index in [2.05, 4.69) is 0 Å². The van der Waals surface area contributed by atoms with Gasteiger partial charge < -0.3 is 10.8 Å². The van der Waals surface area contributed by atoms with Crippen LogP contribution in [0.3, 0.4) is 0 Å². The lowest BCUT2D eigenvalue weighted by Gasteiger charge is -2.43. The van der Waals surface area contributed by atoms with Crippen molar-refractivity contribution in [2.75, 3.05) is 13.1 Å². The molecule has 32 heavy (non-hydrogen) atoms. The zero-order valence-corrected chi connectivity index (χ0v) is 17.1. The number of carbonyl (C=O) groups excluding carboxylic acids is 1. The predicted molar refractivity (Wildman–Crippen MR) is 106 cm³/mol. The maximum Gasteiger partial charge on any atom is 0.416 e. The van der Waals surface area contributed by atoms with Crippen LogP contribution in [-0.2, 0) is 11.7 Å². The van der Waals surface area contributed by atoms with Gasteiger partial charge in [-0.25, -0.2) is 9.18 Å². The molecule has 3 unspecified atom stereocenters. The van der Waals surface area contributed by atoms with E-state index in [0.717, 1.165) is 16.5 Å². The smallest absolute Gasteiger partial charge is 0.416 e. The molecule has 2 aromatic carbocycles. The summed E-state index contributed by atoms with van der Waals surface area (Å²) < 4.78 is 55.3. The molecule has 0 saturated carbocycles. The molecule has 170 valence electrons. The number of hydrogen-bond donors (Lipinski definition) is 2. The van der Waals surface area contributed by atoms with Crippen molar-refractivity contribution in [1.82, 2.24) is 9.80 Å². The van der Waals surface area contributed by atoms with Gasteiger partial charge in [-0.05, 0) is 48.7 Å². The fraction of sp³-hybridized carbons (Fsp3) is 0.364. The van der Waals surface area contributed by atoms with Crippen molar-refractivity contribution in [3.05, 3.63) is 70.5 Å². The highest BCUT2D eigenvalue weighted by Gasteiger charge is 2.60. The number of benzene rings is 2. The summed E-state index contributed by atoms with van der Waals surface area (Å²) in [4.78, 5) is 26.5. The molecule has 2 bridgehead atoms. The molecule has 6 nitrogen and oxygen atoms in total. The summed E-state index contributed by atoms with van der Waals surface area (Å²) in [6.45, 7) is 1.92. The Morgan fingerprint density at radius 3 is 2.41 bits per heavy atom. The summed E-state index contributed by atoms with van der Waals surface area (Å²) >= 11 is 0. The van der Waals surface area contributed by atoms with E-state index in [1.165, 1.54) is 18.2 Å². The Balaban J connectivity index is 1.80. The normalized spacial score (nSPS) is 24.0. The van der Waals surface area contributed by atoms with Crippen LogP contribution in [0.4, 0.5) is 22.4 Å². The Morgan fingerprint density at radius 1 is 1.19 bits per heavy atom. The SMILES string of the molecule is CC(c1ccc(F)cc1)N1CC2(c3ccc(C(N)=O)cc3C(F)(F)F)CC1CN2C(=O)O. The lowest BCUT2D eigenvalue weighted by Crippen LogP contribution is -2.55. The Hall–Kier alpha value is -3.14. The number of alkyl halides is 3. The number of carboxylic acid groups (broad SMARTS) is 1. The van der Waals surface area contributed by atoms with E-state index in [-0.39, 0.29) is 42.7 Å². The number of carbonyl (C=O) groups is 2. The highest BCUT2D eigenvalue weighted by atomic mass is 19.4. The molecule has 4 rings (SSSR count). The van der Waals surface area contributed by atoms with Gasteiger partial charge >= 0.3 is 12.3 Å². The Bertz CT molecular complexity index is 1070. The first-order valence-electron chi connectivity index (χ1n) is 9.97. The Labute approximate surface area is 181 Å². The monoisotopic (exact) mass is 451 g/mol. The zero-order chi connectivity index (χ0) is 23.4. The van der Waals surface area contributed by atoms with Crippen LogP contribution in [0.1, 0.15) is 46.4 Å². The molecule has 2 fully saturated rings. The lowest BCUT2D eigenvalue weighted by atomic mass is 9.84. The second-order valence-electron chi connectivity index (χ2n) is 8.30. The minimum absolute atomic E-state index is 0.0293. The summed E-state index contributed by atoms with van der Waals surface area (Å²) in [6.07, 6.45) is -5.95. The molecule has 2 aliphatic heterocycles. The van der Waals surface area contributed by atoms with Gasteiger partial charge in [-0.15, -0.1) is 0 Å². The number of primary amides is 1. The average molecular weight is 451 g/mol. The maximum atomic E-state index is 14.0. The van der Waals surface area contributed by atoms with Crippen molar-refractivity contribution >= 4 is 12.0 Å². The first kappa shape index (κ1) is 22.1. The van der Waals surface area contributed by atoms with Gasteiger partial charge in [-0.3, -0.25) is 14.6 Å². The number of hydrogen-bond acceptors (Lipinski definition) is 3. The second kappa shape index (κ2) is 7.47. The number of likely N-dealkylation sites (tertiary alicyclic amines) is 2. The van der Waals surface area contributed by atoms with Gasteiger partial charge in [0, 0.05) is 30.7 Å². The summed E-state index contributed by atoms with van der Waals surface area (Å²) in [7, 11) is 0. The van der Waals surface area contributed by atoms with Crippen LogP contribution in [0.25, 0.3) is 0 Å². The third-order valence-electron chi connectivity index (χ3n) is 6.59. The molecule has 3 atom stereocenters. The molecule has 0 spiro atoms. The van der Waals surface area contributed by atoms with E-state index in [4.69, 9.17) is 5.73 Å². The molecule has 2 aromatic rings. The van der Waals surface area contributed by atoms with Crippen LogP contribution in [0.15, 0.2) is 42.5 Å². The van der Waals surface area contributed by atoms with E-state index < -0.39 is 35.1 Å². The van der Waals surface area contributed by atoms with E-state index in [1.54, 1.807) is 12.1 Å². The molecule has 2 aliphatic rings. The minimum atomic E-state index is -4.81. The van der Waals surface area contributed by atoms with Gasteiger partial charge in [0.2, 0.25) is 5.91 Å². The van der Waals surface area contributed by atoms with E-state index in [1.807, 2.05) is 11.8 Å². The molecule has 0 aliphatic carbocycles. The average Bonchev–Trinajstić information content (AvgIpc) is 3.30. The molecule has 3 N–H and O–H groups in total. The summed E-state index contributed by atoms with van der Waals surface area (Å²) in [6, 6.07) is 8.29. The number of fused-ring (bicyclic) bond motifs is 2. The molecule has 10 heteroatoms. The van der Waals surface area contributed by atoms with Crippen LogP contribution in [0.5, 0.6) is 0 Å². The third kappa shape index (κ3) is 3.48. The number of rotatable bonds is 4. The van der Waals surface area contributed by atoms with Gasteiger partial charge in [0.25, 0.3) is 0 Å². The molecule has 2 saturated heterocycles. The predicted octanol–water partition coefficient (Wildman–Crippen LogP) is 3.97. The molecule has 2 amide bonds. The number of nitrogens with two attached hydrogens (primary N) is 1. The Kier molecular flexibility index (Phi) is 5.15. The highest BCUT2D eigenvalue weighted by Crippen LogP contribution is 2.52. The largest absolute Gasteiger partial charge is 0.465 e. The molecule has 2 heterocycles.